The molecule has 1 heterocycles. The molecule has 0 aliphatic carbocycles. The average molecular weight is 227 g/mol. The molecule has 15 heavy (non-hydrogen) atoms. The first-order chi connectivity index (χ1) is 7.15. The maximum absolute atomic E-state index is 8.96. The molecule has 0 aliphatic heterocycles. The fourth-order valence-corrected chi connectivity index (χ4v) is 2.48. The van der Waals surface area contributed by atoms with Crippen LogP contribution in [0.1, 0.15) is 30.7 Å². The normalized spacial score (nSPS) is 13.4. The van der Waals surface area contributed by atoms with Gasteiger partial charge in [0.15, 0.2) is 0 Å². The van der Waals surface area contributed by atoms with Gasteiger partial charge in [-0.1, -0.05) is 13.8 Å². The Balaban J connectivity index is 2.43. The summed E-state index contributed by atoms with van der Waals surface area (Å²) in [4.78, 5) is 1.40. The summed E-state index contributed by atoms with van der Waals surface area (Å²) in [5, 5.41) is 14.6. The first kappa shape index (κ1) is 12.7. The lowest BCUT2D eigenvalue weighted by molar-refractivity contribution is 0.244. The first-order valence-corrected chi connectivity index (χ1v) is 6.40. The van der Waals surface area contributed by atoms with Crippen molar-refractivity contribution >= 4 is 11.3 Å². The van der Waals surface area contributed by atoms with Gasteiger partial charge in [-0.3, -0.25) is 0 Å². The van der Waals surface area contributed by atoms with Crippen LogP contribution in [0.5, 0.6) is 0 Å². The SMILES string of the molecule is Cc1ccsc1CNC(CCO)C(C)C. The second kappa shape index (κ2) is 6.26. The van der Waals surface area contributed by atoms with Crippen molar-refractivity contribution in [2.45, 2.75) is 39.8 Å². The van der Waals surface area contributed by atoms with E-state index in [-0.39, 0.29) is 6.61 Å². The lowest BCUT2D eigenvalue weighted by atomic mass is 10.0. The van der Waals surface area contributed by atoms with Crippen LogP contribution in [0.25, 0.3) is 0 Å². The monoisotopic (exact) mass is 227 g/mol. The summed E-state index contributed by atoms with van der Waals surface area (Å²) in [6.45, 7) is 7.71. The number of aliphatic hydroxyl groups is 1. The van der Waals surface area contributed by atoms with Gasteiger partial charge >= 0.3 is 0 Å². The maximum Gasteiger partial charge on any atom is 0.0445 e. The van der Waals surface area contributed by atoms with E-state index in [1.165, 1.54) is 10.4 Å². The molecule has 1 unspecified atom stereocenters. The highest BCUT2D eigenvalue weighted by Crippen LogP contribution is 2.16. The van der Waals surface area contributed by atoms with Crippen molar-refractivity contribution in [3.63, 3.8) is 0 Å². The van der Waals surface area contributed by atoms with Gasteiger partial charge in [-0.25, -0.2) is 0 Å². The molecule has 2 N–H and O–H groups in total. The van der Waals surface area contributed by atoms with Crippen molar-refractivity contribution in [3.8, 4) is 0 Å². The van der Waals surface area contributed by atoms with Gasteiger partial charge in [-0.2, -0.15) is 0 Å². The van der Waals surface area contributed by atoms with Crippen LogP contribution < -0.4 is 5.32 Å². The van der Waals surface area contributed by atoms with Gasteiger partial charge < -0.3 is 10.4 Å². The van der Waals surface area contributed by atoms with Crippen LogP contribution in [0, 0.1) is 12.8 Å². The topological polar surface area (TPSA) is 32.3 Å². The predicted octanol–water partition coefficient (Wildman–Crippen LogP) is 2.55. The molecule has 86 valence electrons. The summed E-state index contributed by atoms with van der Waals surface area (Å²) < 4.78 is 0. The fraction of sp³-hybridized carbons (Fsp3) is 0.667. The van der Waals surface area contributed by atoms with Gasteiger partial charge in [0, 0.05) is 24.1 Å². The molecule has 1 aromatic rings. The van der Waals surface area contributed by atoms with Crippen molar-refractivity contribution in [1.82, 2.24) is 5.32 Å². The summed E-state index contributed by atoms with van der Waals surface area (Å²) in [6.07, 6.45) is 0.835. The molecule has 0 amide bonds. The third kappa shape index (κ3) is 3.93. The minimum Gasteiger partial charge on any atom is -0.396 e. The highest BCUT2D eigenvalue weighted by atomic mass is 32.1. The summed E-state index contributed by atoms with van der Waals surface area (Å²) >= 11 is 1.80. The van der Waals surface area contributed by atoms with Crippen molar-refractivity contribution in [3.05, 3.63) is 21.9 Å². The van der Waals surface area contributed by atoms with Crippen LogP contribution in [-0.4, -0.2) is 17.8 Å². The molecule has 0 saturated carbocycles. The summed E-state index contributed by atoms with van der Waals surface area (Å²) in [5.41, 5.74) is 1.36. The van der Waals surface area contributed by atoms with Gasteiger partial charge in [0.05, 0.1) is 0 Å². The second-order valence-corrected chi connectivity index (χ2v) is 5.27. The van der Waals surface area contributed by atoms with E-state index in [4.69, 9.17) is 5.11 Å². The molecule has 0 saturated heterocycles. The molecule has 3 heteroatoms. The van der Waals surface area contributed by atoms with Gasteiger partial charge in [0.1, 0.15) is 0 Å². The van der Waals surface area contributed by atoms with Crippen LogP contribution in [0.3, 0.4) is 0 Å². The van der Waals surface area contributed by atoms with E-state index in [0.717, 1.165) is 13.0 Å². The summed E-state index contributed by atoms with van der Waals surface area (Å²) in [7, 11) is 0. The molecule has 0 fully saturated rings. The smallest absolute Gasteiger partial charge is 0.0445 e. The Morgan fingerprint density at radius 1 is 1.47 bits per heavy atom. The highest BCUT2D eigenvalue weighted by molar-refractivity contribution is 7.10. The van der Waals surface area contributed by atoms with Gasteiger partial charge in [-0.05, 0) is 36.3 Å². The zero-order valence-electron chi connectivity index (χ0n) is 9.79. The molecule has 0 bridgehead atoms. The van der Waals surface area contributed by atoms with Crippen molar-refractivity contribution in [1.29, 1.82) is 0 Å². The number of hydrogen-bond acceptors (Lipinski definition) is 3. The molecule has 0 aliphatic rings. The third-order valence-corrected chi connectivity index (χ3v) is 3.76. The van der Waals surface area contributed by atoms with Crippen molar-refractivity contribution < 1.29 is 5.11 Å². The Morgan fingerprint density at radius 2 is 2.20 bits per heavy atom. The number of thiophene rings is 1. The first-order valence-electron chi connectivity index (χ1n) is 5.52. The Hall–Kier alpha value is -0.380. The molecule has 2 nitrogen and oxygen atoms in total. The molecule has 1 rings (SSSR count). The van der Waals surface area contributed by atoms with E-state index in [2.05, 4.69) is 37.5 Å². The number of nitrogens with one attached hydrogen (secondary N) is 1. The van der Waals surface area contributed by atoms with E-state index >= 15 is 0 Å². The van der Waals surface area contributed by atoms with Gasteiger partial charge in [0.25, 0.3) is 0 Å². The van der Waals surface area contributed by atoms with E-state index in [9.17, 15) is 0 Å². The minimum absolute atomic E-state index is 0.263. The van der Waals surface area contributed by atoms with Crippen LogP contribution in [0.15, 0.2) is 11.4 Å². The maximum atomic E-state index is 8.96. The molecule has 1 aromatic heterocycles. The Morgan fingerprint density at radius 3 is 2.67 bits per heavy atom. The number of aliphatic hydroxyl groups excluding tert-OH is 1. The van der Waals surface area contributed by atoms with E-state index in [1.54, 1.807) is 11.3 Å². The Labute approximate surface area is 96.3 Å². The third-order valence-electron chi connectivity index (χ3n) is 2.74. The molecular formula is C12H21NOS. The minimum atomic E-state index is 0.263. The predicted molar refractivity (Wildman–Crippen MR) is 66.2 cm³/mol. The van der Waals surface area contributed by atoms with Crippen molar-refractivity contribution in [2.75, 3.05) is 6.61 Å². The average Bonchev–Trinajstić information content (AvgIpc) is 2.58. The molecular weight excluding hydrogens is 206 g/mol. The fourth-order valence-electron chi connectivity index (χ4n) is 1.62. The van der Waals surface area contributed by atoms with Crippen LogP contribution in [0.4, 0.5) is 0 Å². The number of rotatable bonds is 6. The zero-order valence-corrected chi connectivity index (χ0v) is 10.6. The molecule has 0 radical (unpaired) electrons. The van der Waals surface area contributed by atoms with Crippen LogP contribution in [-0.2, 0) is 6.54 Å². The van der Waals surface area contributed by atoms with Crippen LogP contribution in [0.2, 0.25) is 0 Å². The lowest BCUT2D eigenvalue weighted by Crippen LogP contribution is -2.34. The lowest BCUT2D eigenvalue weighted by Gasteiger charge is -2.21. The summed E-state index contributed by atoms with van der Waals surface area (Å²) in [5.74, 6) is 0.567. The molecule has 0 spiro atoms. The van der Waals surface area contributed by atoms with E-state index < -0.39 is 0 Å². The molecule has 1 atom stereocenters. The van der Waals surface area contributed by atoms with Crippen molar-refractivity contribution in [2.24, 2.45) is 5.92 Å². The Bertz CT molecular complexity index is 283. The van der Waals surface area contributed by atoms with E-state index in [0.29, 0.717) is 12.0 Å². The van der Waals surface area contributed by atoms with Gasteiger partial charge in [0.2, 0.25) is 0 Å². The molecule has 0 aromatic carbocycles. The van der Waals surface area contributed by atoms with Crippen LogP contribution >= 0.6 is 11.3 Å². The highest BCUT2D eigenvalue weighted by Gasteiger charge is 2.12. The Kier molecular flexibility index (Phi) is 5.29. The largest absolute Gasteiger partial charge is 0.396 e. The van der Waals surface area contributed by atoms with Gasteiger partial charge in [-0.15, -0.1) is 11.3 Å². The summed E-state index contributed by atoms with van der Waals surface area (Å²) in [6, 6.07) is 2.56. The second-order valence-electron chi connectivity index (χ2n) is 4.27. The quantitative estimate of drug-likeness (QED) is 0.783. The zero-order chi connectivity index (χ0) is 11.3. The number of hydrogen-bond donors (Lipinski definition) is 2. The van der Waals surface area contributed by atoms with E-state index in [1.807, 2.05) is 0 Å². The number of aryl methyl sites for hydroxylation is 1. The standard InChI is InChI=1S/C12H21NOS/c1-9(2)11(4-6-14)13-8-12-10(3)5-7-15-12/h5,7,9,11,13-14H,4,6,8H2,1-3H3.